The molecular formula is C11H13N3O7. The SMILES string of the molecule is CC1(C)OC2[C@H](N=[N+]=[N-])C(=O)OC3(COC(=O)OC3)[C@@H]2O1. The fourth-order valence-electron chi connectivity index (χ4n) is 2.72. The molecule has 21 heavy (non-hydrogen) atoms. The molecule has 0 aliphatic carbocycles. The standard InChI is InChI=1S/C11H13N3O7/c1-10(2)19-6-5(13-14-12)8(15)21-11(7(6)20-10)3-17-9(16)18-4-11/h5-7H,3-4H2,1-2H3/t5-,6?,7+/m0/s1. The van der Waals surface area contributed by atoms with E-state index in [4.69, 9.17) is 29.2 Å². The van der Waals surface area contributed by atoms with E-state index >= 15 is 0 Å². The van der Waals surface area contributed by atoms with Gasteiger partial charge in [-0.25, -0.2) is 4.79 Å². The molecule has 3 fully saturated rings. The Balaban J connectivity index is 1.96. The lowest BCUT2D eigenvalue weighted by Crippen LogP contribution is -2.66. The molecule has 1 unspecified atom stereocenters. The first-order chi connectivity index (χ1) is 9.87. The number of hydrogen-bond acceptors (Lipinski definition) is 8. The van der Waals surface area contributed by atoms with Crippen LogP contribution in [0, 0.1) is 0 Å². The van der Waals surface area contributed by atoms with Gasteiger partial charge in [-0.15, -0.1) is 0 Å². The highest BCUT2D eigenvalue weighted by Gasteiger charge is 2.64. The van der Waals surface area contributed by atoms with Gasteiger partial charge in [-0.05, 0) is 19.4 Å². The minimum Gasteiger partial charge on any atom is -0.448 e. The van der Waals surface area contributed by atoms with Gasteiger partial charge in [-0.3, -0.25) is 4.79 Å². The van der Waals surface area contributed by atoms with Crippen LogP contribution in [-0.4, -0.2) is 55.0 Å². The first-order valence-electron chi connectivity index (χ1n) is 6.29. The van der Waals surface area contributed by atoms with E-state index in [2.05, 4.69) is 10.0 Å². The van der Waals surface area contributed by atoms with Gasteiger partial charge in [0.1, 0.15) is 25.4 Å². The van der Waals surface area contributed by atoms with Crippen LogP contribution in [0.25, 0.3) is 10.4 Å². The molecule has 3 heterocycles. The molecular weight excluding hydrogens is 286 g/mol. The average Bonchev–Trinajstić information content (AvgIpc) is 2.74. The lowest BCUT2D eigenvalue weighted by Gasteiger charge is -2.44. The van der Waals surface area contributed by atoms with Gasteiger partial charge in [-0.2, -0.15) is 0 Å². The number of carbonyl (C=O) groups is 2. The van der Waals surface area contributed by atoms with E-state index in [1.807, 2.05) is 0 Å². The Morgan fingerprint density at radius 2 is 1.90 bits per heavy atom. The quantitative estimate of drug-likeness (QED) is 0.301. The summed E-state index contributed by atoms with van der Waals surface area (Å²) in [6.07, 6.45) is -2.45. The van der Waals surface area contributed by atoms with Gasteiger partial charge >= 0.3 is 12.1 Å². The molecule has 0 aromatic rings. The second kappa shape index (κ2) is 4.48. The number of carbonyl (C=O) groups excluding carboxylic acids is 2. The zero-order valence-corrected chi connectivity index (χ0v) is 11.3. The highest BCUT2D eigenvalue weighted by atomic mass is 16.8. The topological polar surface area (TPSA) is 129 Å². The summed E-state index contributed by atoms with van der Waals surface area (Å²) in [4.78, 5) is 25.7. The van der Waals surface area contributed by atoms with Crippen LogP contribution in [0.2, 0.25) is 0 Å². The first kappa shape index (κ1) is 13.9. The molecule has 0 aromatic heterocycles. The Kier molecular flexibility index (Phi) is 2.97. The van der Waals surface area contributed by atoms with Crippen LogP contribution in [0.15, 0.2) is 5.11 Å². The average molecular weight is 299 g/mol. The zero-order chi connectivity index (χ0) is 15.3. The maximum Gasteiger partial charge on any atom is 0.508 e. The van der Waals surface area contributed by atoms with E-state index in [9.17, 15) is 9.59 Å². The number of azide groups is 1. The van der Waals surface area contributed by atoms with E-state index in [0.717, 1.165) is 0 Å². The van der Waals surface area contributed by atoms with E-state index in [1.54, 1.807) is 13.8 Å². The molecule has 0 saturated carbocycles. The highest BCUT2D eigenvalue weighted by molar-refractivity contribution is 5.79. The van der Waals surface area contributed by atoms with Crippen molar-refractivity contribution in [2.24, 2.45) is 5.11 Å². The Bertz CT molecular complexity index is 532. The van der Waals surface area contributed by atoms with Crippen molar-refractivity contribution in [1.82, 2.24) is 0 Å². The van der Waals surface area contributed by atoms with Crippen molar-refractivity contribution in [2.45, 2.75) is 43.5 Å². The molecule has 0 bridgehead atoms. The summed E-state index contributed by atoms with van der Waals surface area (Å²) < 4.78 is 26.4. The predicted molar refractivity (Wildman–Crippen MR) is 62.9 cm³/mol. The molecule has 3 saturated heterocycles. The molecule has 10 nitrogen and oxygen atoms in total. The third kappa shape index (κ3) is 2.17. The predicted octanol–water partition coefficient (Wildman–Crippen LogP) is 0.648. The summed E-state index contributed by atoms with van der Waals surface area (Å²) >= 11 is 0. The number of ether oxygens (including phenoxy) is 5. The van der Waals surface area contributed by atoms with Crippen LogP contribution < -0.4 is 0 Å². The Morgan fingerprint density at radius 3 is 2.52 bits per heavy atom. The Hall–Kier alpha value is -2.03. The monoisotopic (exact) mass is 299 g/mol. The van der Waals surface area contributed by atoms with Gasteiger partial charge in [0.15, 0.2) is 11.8 Å². The number of esters is 1. The molecule has 0 radical (unpaired) electrons. The first-order valence-corrected chi connectivity index (χ1v) is 6.29. The third-order valence-corrected chi connectivity index (χ3v) is 3.55. The zero-order valence-electron chi connectivity index (χ0n) is 11.3. The lowest BCUT2D eigenvalue weighted by atomic mass is 9.87. The van der Waals surface area contributed by atoms with Crippen molar-refractivity contribution in [3.05, 3.63) is 10.4 Å². The molecule has 3 atom stereocenters. The maximum atomic E-state index is 12.1. The summed E-state index contributed by atoms with van der Waals surface area (Å²) in [5.41, 5.74) is 7.28. The largest absolute Gasteiger partial charge is 0.508 e. The molecule has 3 rings (SSSR count). The van der Waals surface area contributed by atoms with Gasteiger partial charge in [0.2, 0.25) is 5.60 Å². The molecule has 0 N–H and O–H groups in total. The van der Waals surface area contributed by atoms with Gasteiger partial charge in [0.05, 0.1) is 0 Å². The molecule has 114 valence electrons. The molecule has 3 aliphatic heterocycles. The van der Waals surface area contributed by atoms with Crippen LogP contribution in [0.3, 0.4) is 0 Å². The van der Waals surface area contributed by atoms with Gasteiger partial charge in [0, 0.05) is 4.91 Å². The van der Waals surface area contributed by atoms with E-state index in [1.165, 1.54) is 0 Å². The van der Waals surface area contributed by atoms with Crippen LogP contribution in [0.4, 0.5) is 4.79 Å². The van der Waals surface area contributed by atoms with Crippen LogP contribution in [0.1, 0.15) is 13.8 Å². The second-order valence-corrected chi connectivity index (χ2v) is 5.48. The van der Waals surface area contributed by atoms with Gasteiger partial charge in [-0.1, -0.05) is 5.11 Å². The van der Waals surface area contributed by atoms with Crippen molar-refractivity contribution in [3.8, 4) is 0 Å². The number of hydrogen-bond donors (Lipinski definition) is 0. The second-order valence-electron chi connectivity index (χ2n) is 5.48. The number of nitrogens with zero attached hydrogens (tertiary/aromatic N) is 3. The Labute approximate surface area is 118 Å². The van der Waals surface area contributed by atoms with Crippen molar-refractivity contribution >= 4 is 12.1 Å². The Morgan fingerprint density at radius 1 is 1.24 bits per heavy atom. The summed E-state index contributed by atoms with van der Waals surface area (Å²) in [7, 11) is 0. The van der Waals surface area contributed by atoms with E-state index < -0.39 is 41.8 Å². The maximum absolute atomic E-state index is 12.1. The van der Waals surface area contributed by atoms with Crippen molar-refractivity contribution < 1.29 is 33.3 Å². The van der Waals surface area contributed by atoms with Gasteiger partial charge in [0.25, 0.3) is 0 Å². The summed E-state index contributed by atoms with van der Waals surface area (Å²) in [5.74, 6) is -1.77. The fraction of sp³-hybridized carbons (Fsp3) is 0.818. The van der Waals surface area contributed by atoms with Crippen LogP contribution in [-0.2, 0) is 28.5 Å². The molecule has 1 spiro atoms. The number of cyclic esters (lactones) is 2. The summed E-state index contributed by atoms with van der Waals surface area (Å²) in [6, 6.07) is -1.16. The van der Waals surface area contributed by atoms with Crippen molar-refractivity contribution in [3.63, 3.8) is 0 Å². The van der Waals surface area contributed by atoms with Crippen molar-refractivity contribution in [1.29, 1.82) is 0 Å². The lowest BCUT2D eigenvalue weighted by molar-refractivity contribution is -0.231. The molecule has 0 aromatic carbocycles. The molecule has 0 amide bonds. The number of rotatable bonds is 1. The molecule has 3 aliphatic rings. The van der Waals surface area contributed by atoms with E-state index in [0.29, 0.717) is 0 Å². The van der Waals surface area contributed by atoms with Crippen LogP contribution in [0.5, 0.6) is 0 Å². The third-order valence-electron chi connectivity index (χ3n) is 3.55. The van der Waals surface area contributed by atoms with Crippen LogP contribution >= 0.6 is 0 Å². The molecule has 10 heteroatoms. The minimum atomic E-state index is -1.30. The summed E-state index contributed by atoms with van der Waals surface area (Å²) in [6.45, 7) is 2.90. The number of fused-ring (bicyclic) bond motifs is 2. The van der Waals surface area contributed by atoms with Crippen molar-refractivity contribution in [2.75, 3.05) is 13.2 Å². The summed E-state index contributed by atoms with van der Waals surface area (Å²) in [5, 5.41) is 3.42. The minimum absolute atomic E-state index is 0.207. The smallest absolute Gasteiger partial charge is 0.448 e. The van der Waals surface area contributed by atoms with Gasteiger partial charge < -0.3 is 23.7 Å². The normalized spacial score (nSPS) is 36.0. The highest BCUT2D eigenvalue weighted by Crippen LogP contribution is 2.43. The van der Waals surface area contributed by atoms with E-state index in [-0.39, 0.29) is 13.2 Å². The fourth-order valence-corrected chi connectivity index (χ4v) is 2.72.